The Morgan fingerprint density at radius 1 is 0.667 bits per heavy atom. The fraction of sp³-hybridized carbons (Fsp3) is 0.0968. The number of fused-ring (bicyclic) bond motifs is 3. The second-order valence-electron chi connectivity index (χ2n) is 9.02. The number of benzene rings is 4. The van der Waals surface area contributed by atoms with E-state index in [0.717, 1.165) is 22.3 Å². The van der Waals surface area contributed by atoms with Crippen molar-refractivity contribution >= 4 is 27.5 Å². The van der Waals surface area contributed by atoms with Gasteiger partial charge in [-0.25, -0.2) is 19.8 Å². The van der Waals surface area contributed by atoms with Crippen LogP contribution in [-0.4, -0.2) is 19.5 Å². The van der Waals surface area contributed by atoms with E-state index < -0.39 is 0 Å². The fourth-order valence-corrected chi connectivity index (χ4v) is 4.93. The first-order chi connectivity index (χ1) is 17.5. The van der Waals surface area contributed by atoms with Crippen LogP contribution in [0.2, 0.25) is 0 Å². The number of hydrogen-bond acceptors (Lipinski definition) is 3. The summed E-state index contributed by atoms with van der Waals surface area (Å²) in [6, 6.07) is 29.5. The highest BCUT2D eigenvalue weighted by atomic mass is 15.0. The molecular formula is C31H23N5. The van der Waals surface area contributed by atoms with Gasteiger partial charge >= 0.3 is 0 Å². The summed E-state index contributed by atoms with van der Waals surface area (Å²) in [5.74, 6) is 1.81. The molecule has 0 saturated carbocycles. The average Bonchev–Trinajstić information content (AvgIpc) is 3.21. The molecule has 5 nitrogen and oxygen atoms in total. The Bertz CT molecular complexity index is 1820. The minimum Gasteiger partial charge on any atom is -0.310 e. The summed E-state index contributed by atoms with van der Waals surface area (Å²) in [7, 11) is 0. The maximum Gasteiger partial charge on any atom is 0.200 e. The van der Waals surface area contributed by atoms with Gasteiger partial charge in [0.15, 0.2) is 11.5 Å². The van der Waals surface area contributed by atoms with E-state index in [2.05, 4.69) is 98.0 Å². The van der Waals surface area contributed by atoms with Crippen molar-refractivity contribution in [2.24, 2.45) is 0 Å². The smallest absolute Gasteiger partial charge is 0.200 e. The summed E-state index contributed by atoms with van der Waals surface area (Å²) < 4.78 is 2.24. The number of nitrogens with zero attached hydrogens (tertiary/aromatic N) is 5. The lowest BCUT2D eigenvalue weighted by molar-refractivity contribution is 0.929. The molecule has 0 N–H and O–H groups in total. The van der Waals surface area contributed by atoms with E-state index in [-0.39, 0.29) is 0 Å². The number of aryl methyl sites for hydroxylation is 3. The van der Waals surface area contributed by atoms with Crippen LogP contribution in [0, 0.1) is 27.3 Å². The third kappa shape index (κ3) is 3.60. The van der Waals surface area contributed by atoms with E-state index in [0.29, 0.717) is 28.7 Å². The number of aromatic nitrogens is 4. The molecule has 0 atom stereocenters. The van der Waals surface area contributed by atoms with Crippen molar-refractivity contribution < 1.29 is 0 Å². The lowest BCUT2D eigenvalue weighted by atomic mass is 10.0. The second-order valence-corrected chi connectivity index (χ2v) is 9.02. The van der Waals surface area contributed by atoms with E-state index in [1.807, 2.05) is 32.0 Å². The van der Waals surface area contributed by atoms with Crippen molar-refractivity contribution in [2.45, 2.75) is 20.8 Å². The molecule has 0 unspecified atom stereocenters. The molecule has 6 aromatic rings. The summed E-state index contributed by atoms with van der Waals surface area (Å²) in [5, 5.41) is 2.36. The van der Waals surface area contributed by atoms with E-state index >= 15 is 0 Å². The molecule has 0 aliphatic heterocycles. The van der Waals surface area contributed by atoms with Crippen LogP contribution in [0.3, 0.4) is 0 Å². The SMILES string of the molecule is [C-]#[N+]c1cc(-n2c3ccccc3c3ccc(-c4cccc(C)c4)cc32)ccc1-c1nc(C)nc(C)n1. The Hall–Kier alpha value is -4.82. The molecule has 0 aliphatic rings. The summed E-state index contributed by atoms with van der Waals surface area (Å²) in [6.45, 7) is 13.7. The van der Waals surface area contributed by atoms with Crippen LogP contribution in [0.5, 0.6) is 0 Å². The molecule has 5 heteroatoms. The zero-order valence-electron chi connectivity index (χ0n) is 20.3. The molecule has 172 valence electrons. The van der Waals surface area contributed by atoms with Gasteiger partial charge in [-0.2, -0.15) is 0 Å². The minimum atomic E-state index is 0.512. The Balaban J connectivity index is 1.60. The molecule has 6 rings (SSSR count). The number of hydrogen-bond donors (Lipinski definition) is 0. The van der Waals surface area contributed by atoms with Crippen LogP contribution in [0.25, 0.3) is 54.9 Å². The van der Waals surface area contributed by atoms with Crippen molar-refractivity contribution in [1.29, 1.82) is 0 Å². The molecule has 0 aliphatic carbocycles. The molecule has 2 aromatic heterocycles. The van der Waals surface area contributed by atoms with Crippen molar-refractivity contribution in [1.82, 2.24) is 19.5 Å². The molecule has 0 radical (unpaired) electrons. The van der Waals surface area contributed by atoms with Crippen LogP contribution < -0.4 is 0 Å². The van der Waals surface area contributed by atoms with Gasteiger partial charge in [0.05, 0.1) is 17.6 Å². The molecule has 36 heavy (non-hydrogen) atoms. The molecule has 0 saturated heterocycles. The average molecular weight is 466 g/mol. The zero-order valence-corrected chi connectivity index (χ0v) is 20.3. The van der Waals surface area contributed by atoms with Crippen LogP contribution in [0.4, 0.5) is 5.69 Å². The lowest BCUT2D eigenvalue weighted by Crippen LogP contribution is -2.00. The monoisotopic (exact) mass is 465 g/mol. The quantitative estimate of drug-likeness (QED) is 0.251. The third-order valence-electron chi connectivity index (χ3n) is 6.49. The second kappa shape index (κ2) is 8.44. The van der Waals surface area contributed by atoms with Gasteiger partial charge in [-0.3, -0.25) is 0 Å². The first-order valence-corrected chi connectivity index (χ1v) is 11.8. The highest BCUT2D eigenvalue weighted by Gasteiger charge is 2.16. The van der Waals surface area contributed by atoms with Crippen LogP contribution >= 0.6 is 0 Å². The largest absolute Gasteiger partial charge is 0.310 e. The van der Waals surface area contributed by atoms with Gasteiger partial charge in [-0.05, 0) is 56.2 Å². The first-order valence-electron chi connectivity index (χ1n) is 11.8. The Morgan fingerprint density at radius 3 is 2.19 bits per heavy atom. The molecule has 0 bridgehead atoms. The first kappa shape index (κ1) is 21.7. The molecule has 2 heterocycles. The number of para-hydroxylation sites is 1. The topological polar surface area (TPSA) is 48.0 Å². The van der Waals surface area contributed by atoms with Gasteiger partial charge in [0.25, 0.3) is 0 Å². The van der Waals surface area contributed by atoms with Gasteiger partial charge in [-0.1, -0.05) is 66.2 Å². The summed E-state index contributed by atoms with van der Waals surface area (Å²) in [5.41, 5.74) is 7.94. The van der Waals surface area contributed by atoms with E-state index in [9.17, 15) is 0 Å². The molecule has 0 amide bonds. The van der Waals surface area contributed by atoms with Gasteiger partial charge in [0.1, 0.15) is 11.6 Å². The van der Waals surface area contributed by atoms with E-state index in [1.54, 1.807) is 0 Å². The lowest BCUT2D eigenvalue weighted by Gasteiger charge is -2.12. The van der Waals surface area contributed by atoms with Crippen molar-refractivity contribution in [3.05, 3.63) is 114 Å². The summed E-state index contributed by atoms with van der Waals surface area (Å²) in [4.78, 5) is 17.1. The van der Waals surface area contributed by atoms with Crippen molar-refractivity contribution in [3.63, 3.8) is 0 Å². The molecule has 4 aromatic carbocycles. The highest BCUT2D eigenvalue weighted by molar-refractivity contribution is 6.10. The van der Waals surface area contributed by atoms with Gasteiger partial charge in [-0.15, -0.1) is 0 Å². The predicted octanol–water partition coefficient (Wildman–Crippen LogP) is 7.78. The van der Waals surface area contributed by atoms with Gasteiger partial charge in [0.2, 0.25) is 0 Å². The Labute approximate surface area is 209 Å². The summed E-state index contributed by atoms with van der Waals surface area (Å²) in [6.07, 6.45) is 0. The highest BCUT2D eigenvalue weighted by Crippen LogP contribution is 2.37. The standard InChI is InChI=1S/C31H23N5/c1-19-8-7-9-22(16-19)23-12-14-26-25-10-5-6-11-29(25)36(30(26)17-23)24-13-15-27(28(18-24)32-4)31-34-20(2)33-21(3)35-31/h5-18H,1-3H3. The van der Waals surface area contributed by atoms with Crippen LogP contribution in [-0.2, 0) is 0 Å². The predicted molar refractivity (Wildman–Crippen MR) is 146 cm³/mol. The maximum absolute atomic E-state index is 7.90. The van der Waals surface area contributed by atoms with Crippen molar-refractivity contribution in [3.8, 4) is 28.2 Å². The molecular weight excluding hydrogens is 442 g/mol. The Morgan fingerprint density at radius 2 is 1.42 bits per heavy atom. The van der Waals surface area contributed by atoms with Gasteiger partial charge in [0, 0.05) is 22.0 Å². The van der Waals surface area contributed by atoms with Crippen molar-refractivity contribution in [2.75, 3.05) is 0 Å². The number of rotatable bonds is 3. The third-order valence-corrected chi connectivity index (χ3v) is 6.49. The van der Waals surface area contributed by atoms with E-state index in [1.165, 1.54) is 21.9 Å². The normalized spacial score (nSPS) is 11.2. The fourth-order valence-electron chi connectivity index (χ4n) is 4.93. The van der Waals surface area contributed by atoms with Gasteiger partial charge < -0.3 is 4.57 Å². The maximum atomic E-state index is 7.90. The zero-order chi connectivity index (χ0) is 24.8. The minimum absolute atomic E-state index is 0.512. The van der Waals surface area contributed by atoms with Crippen LogP contribution in [0.1, 0.15) is 17.2 Å². The summed E-state index contributed by atoms with van der Waals surface area (Å²) >= 11 is 0. The Kier molecular flexibility index (Phi) is 5.09. The molecule has 0 fully saturated rings. The van der Waals surface area contributed by atoms with Crippen LogP contribution in [0.15, 0.2) is 84.9 Å². The molecule has 0 spiro atoms. The van der Waals surface area contributed by atoms with E-state index in [4.69, 9.17) is 6.57 Å².